The van der Waals surface area contributed by atoms with E-state index in [4.69, 9.17) is 4.74 Å². The summed E-state index contributed by atoms with van der Waals surface area (Å²) in [5, 5.41) is 9.36. The van der Waals surface area contributed by atoms with E-state index in [1.54, 1.807) is 6.92 Å². The van der Waals surface area contributed by atoms with E-state index in [2.05, 4.69) is 22.0 Å². The smallest absolute Gasteiger partial charge is 0.309 e. The Kier molecular flexibility index (Phi) is 3.66. The minimum Gasteiger partial charge on any atom is -0.493 e. The molecule has 1 aliphatic heterocycles. The lowest BCUT2D eigenvalue weighted by Gasteiger charge is -2.24. The monoisotopic (exact) mass is 312 g/mol. The van der Waals surface area contributed by atoms with Gasteiger partial charge in [0.1, 0.15) is 5.75 Å². The Bertz CT molecular complexity index is 484. The van der Waals surface area contributed by atoms with E-state index in [0.29, 0.717) is 19.4 Å². The first-order valence-corrected chi connectivity index (χ1v) is 6.93. The second-order valence-corrected chi connectivity index (χ2v) is 5.96. The number of hydrogen-bond acceptors (Lipinski definition) is 2. The highest BCUT2D eigenvalue weighted by atomic mass is 79.9. The van der Waals surface area contributed by atoms with Crippen molar-refractivity contribution in [2.45, 2.75) is 33.1 Å². The predicted molar refractivity (Wildman–Crippen MR) is 73.1 cm³/mol. The molecule has 1 unspecified atom stereocenters. The molecule has 1 heterocycles. The zero-order chi connectivity index (χ0) is 13.3. The number of halogens is 1. The van der Waals surface area contributed by atoms with Gasteiger partial charge in [-0.2, -0.15) is 0 Å². The van der Waals surface area contributed by atoms with Crippen molar-refractivity contribution < 1.29 is 14.6 Å². The molecule has 1 atom stereocenters. The molecular formula is C14H17BrO3. The molecule has 1 aromatic rings. The topological polar surface area (TPSA) is 46.5 Å². The van der Waals surface area contributed by atoms with Crippen LogP contribution in [0.5, 0.6) is 5.75 Å². The highest BCUT2D eigenvalue weighted by molar-refractivity contribution is 9.10. The summed E-state index contributed by atoms with van der Waals surface area (Å²) < 4.78 is 6.63. The van der Waals surface area contributed by atoms with Crippen molar-refractivity contribution in [3.8, 4) is 5.75 Å². The molecule has 1 N–H and O–H groups in total. The number of hydrogen-bond donors (Lipinski definition) is 1. The Morgan fingerprint density at radius 2 is 2.28 bits per heavy atom. The summed E-state index contributed by atoms with van der Waals surface area (Å²) in [4.78, 5) is 11.4. The van der Waals surface area contributed by atoms with Crippen molar-refractivity contribution in [1.29, 1.82) is 0 Å². The van der Waals surface area contributed by atoms with Gasteiger partial charge in [-0.1, -0.05) is 22.9 Å². The lowest BCUT2D eigenvalue weighted by molar-refractivity contribution is -0.148. The van der Waals surface area contributed by atoms with Gasteiger partial charge in [-0.05, 0) is 43.0 Å². The first kappa shape index (κ1) is 13.4. The normalized spacial score (nSPS) is 16.8. The third-order valence-electron chi connectivity index (χ3n) is 3.70. The molecular weight excluding hydrogens is 296 g/mol. The van der Waals surface area contributed by atoms with Crippen LogP contribution in [-0.4, -0.2) is 17.7 Å². The standard InChI is InChI=1S/C14H17BrO3/c1-3-14(2,13(16)17)8-10-7-11(15)6-9-4-5-18-12(9)10/h6-7H,3-5,8H2,1-2H3,(H,16,17). The zero-order valence-corrected chi connectivity index (χ0v) is 12.2. The van der Waals surface area contributed by atoms with Gasteiger partial charge in [0.2, 0.25) is 0 Å². The maximum atomic E-state index is 11.4. The van der Waals surface area contributed by atoms with Gasteiger partial charge in [-0.3, -0.25) is 4.79 Å². The minimum absolute atomic E-state index is 0.501. The van der Waals surface area contributed by atoms with Gasteiger partial charge >= 0.3 is 5.97 Å². The molecule has 18 heavy (non-hydrogen) atoms. The van der Waals surface area contributed by atoms with Crippen LogP contribution in [0.3, 0.4) is 0 Å². The molecule has 98 valence electrons. The molecule has 0 saturated heterocycles. The van der Waals surface area contributed by atoms with Gasteiger partial charge < -0.3 is 9.84 Å². The molecule has 0 aliphatic carbocycles. The Morgan fingerprint density at radius 1 is 1.56 bits per heavy atom. The Morgan fingerprint density at radius 3 is 2.89 bits per heavy atom. The fourth-order valence-corrected chi connectivity index (χ4v) is 2.80. The molecule has 1 aliphatic rings. The summed E-state index contributed by atoms with van der Waals surface area (Å²) in [5.74, 6) is 0.135. The number of carbonyl (C=O) groups is 1. The summed E-state index contributed by atoms with van der Waals surface area (Å²) in [7, 11) is 0. The van der Waals surface area contributed by atoms with E-state index in [1.807, 2.05) is 13.0 Å². The van der Waals surface area contributed by atoms with Crippen LogP contribution in [0.1, 0.15) is 31.4 Å². The second-order valence-electron chi connectivity index (χ2n) is 5.05. The van der Waals surface area contributed by atoms with E-state index in [0.717, 1.165) is 22.2 Å². The van der Waals surface area contributed by atoms with Crippen molar-refractivity contribution in [2.75, 3.05) is 6.61 Å². The average Bonchev–Trinajstić information content (AvgIpc) is 2.76. The predicted octanol–water partition coefficient (Wildman–Crippen LogP) is 3.43. The molecule has 2 rings (SSSR count). The number of aliphatic carboxylic acids is 1. The quantitative estimate of drug-likeness (QED) is 0.926. The number of carboxylic acid groups (broad SMARTS) is 1. The van der Waals surface area contributed by atoms with E-state index >= 15 is 0 Å². The fraction of sp³-hybridized carbons (Fsp3) is 0.500. The molecule has 3 nitrogen and oxygen atoms in total. The van der Waals surface area contributed by atoms with Gasteiger partial charge in [-0.25, -0.2) is 0 Å². The lowest BCUT2D eigenvalue weighted by Crippen LogP contribution is -2.29. The number of carboxylic acids is 1. The third kappa shape index (κ3) is 2.39. The van der Waals surface area contributed by atoms with Crippen LogP contribution in [0.25, 0.3) is 0 Å². The number of ether oxygens (including phenoxy) is 1. The van der Waals surface area contributed by atoms with Crippen LogP contribution < -0.4 is 4.74 Å². The lowest BCUT2D eigenvalue weighted by atomic mass is 9.81. The molecule has 1 aromatic carbocycles. The molecule has 0 spiro atoms. The van der Waals surface area contributed by atoms with E-state index < -0.39 is 11.4 Å². The maximum Gasteiger partial charge on any atom is 0.309 e. The van der Waals surface area contributed by atoms with Gasteiger partial charge in [0.25, 0.3) is 0 Å². The summed E-state index contributed by atoms with van der Waals surface area (Å²) in [6.07, 6.45) is 2.00. The van der Waals surface area contributed by atoms with Crippen LogP contribution in [0.4, 0.5) is 0 Å². The van der Waals surface area contributed by atoms with E-state index in [1.165, 1.54) is 5.56 Å². The molecule has 0 radical (unpaired) electrons. The van der Waals surface area contributed by atoms with E-state index in [9.17, 15) is 9.90 Å². The molecule has 0 aromatic heterocycles. The number of rotatable bonds is 4. The first-order chi connectivity index (χ1) is 8.46. The summed E-state index contributed by atoms with van der Waals surface area (Å²) in [6, 6.07) is 4.02. The maximum absolute atomic E-state index is 11.4. The fourth-order valence-electron chi connectivity index (χ4n) is 2.25. The molecule has 4 heteroatoms. The third-order valence-corrected chi connectivity index (χ3v) is 4.16. The van der Waals surface area contributed by atoms with Crippen molar-refractivity contribution in [1.82, 2.24) is 0 Å². The Balaban J connectivity index is 2.38. The molecule has 0 bridgehead atoms. The van der Waals surface area contributed by atoms with Crippen molar-refractivity contribution in [3.63, 3.8) is 0 Å². The SMILES string of the molecule is CCC(C)(Cc1cc(Br)cc2c1OCC2)C(=O)O. The van der Waals surface area contributed by atoms with Crippen LogP contribution in [0, 0.1) is 5.41 Å². The van der Waals surface area contributed by atoms with Crippen molar-refractivity contribution in [3.05, 3.63) is 27.7 Å². The first-order valence-electron chi connectivity index (χ1n) is 6.14. The molecule has 0 amide bonds. The Labute approximate surface area is 115 Å². The van der Waals surface area contributed by atoms with Crippen molar-refractivity contribution in [2.24, 2.45) is 5.41 Å². The van der Waals surface area contributed by atoms with Gasteiger partial charge in [0.05, 0.1) is 12.0 Å². The highest BCUT2D eigenvalue weighted by Gasteiger charge is 2.33. The van der Waals surface area contributed by atoms with E-state index in [-0.39, 0.29) is 0 Å². The van der Waals surface area contributed by atoms with Crippen LogP contribution in [0.15, 0.2) is 16.6 Å². The average molecular weight is 313 g/mol. The van der Waals surface area contributed by atoms with Crippen LogP contribution in [-0.2, 0) is 17.6 Å². The zero-order valence-electron chi connectivity index (χ0n) is 10.6. The summed E-state index contributed by atoms with van der Waals surface area (Å²) >= 11 is 3.48. The second kappa shape index (κ2) is 4.92. The van der Waals surface area contributed by atoms with Gasteiger partial charge in [-0.15, -0.1) is 0 Å². The van der Waals surface area contributed by atoms with Crippen molar-refractivity contribution >= 4 is 21.9 Å². The van der Waals surface area contributed by atoms with Gasteiger partial charge in [0.15, 0.2) is 0 Å². The summed E-state index contributed by atoms with van der Waals surface area (Å²) in [5.41, 5.74) is 1.42. The number of benzene rings is 1. The number of fused-ring (bicyclic) bond motifs is 1. The minimum atomic E-state index is -0.753. The Hall–Kier alpha value is -1.03. The van der Waals surface area contributed by atoms with Gasteiger partial charge in [0, 0.05) is 10.9 Å². The summed E-state index contributed by atoms with van der Waals surface area (Å²) in [6.45, 7) is 4.39. The highest BCUT2D eigenvalue weighted by Crippen LogP contribution is 2.37. The largest absolute Gasteiger partial charge is 0.493 e. The molecule has 0 fully saturated rings. The van der Waals surface area contributed by atoms with Crippen LogP contribution in [0.2, 0.25) is 0 Å². The van der Waals surface area contributed by atoms with Crippen LogP contribution >= 0.6 is 15.9 Å². The molecule has 0 saturated carbocycles.